The number of unbranched alkanes of at least 4 members (excludes halogenated alkanes) is 4. The fourth-order valence-electron chi connectivity index (χ4n) is 4.18. The normalized spacial score (nSPS) is 10.9. The highest BCUT2D eigenvalue weighted by molar-refractivity contribution is 5.93. The van der Waals surface area contributed by atoms with Crippen LogP contribution in [0.15, 0.2) is 66.7 Å². The van der Waals surface area contributed by atoms with Crippen LogP contribution in [-0.2, 0) is 16.0 Å². The highest BCUT2D eigenvalue weighted by Gasteiger charge is 2.14. The molecular formula is C33H38N2O7. The molecule has 3 aromatic carbocycles. The van der Waals surface area contributed by atoms with E-state index in [1.54, 1.807) is 60.7 Å². The average molecular weight is 575 g/mol. The summed E-state index contributed by atoms with van der Waals surface area (Å²) in [5, 5.41) is 9.39. The molecule has 0 heterocycles. The van der Waals surface area contributed by atoms with Gasteiger partial charge in [0.05, 0.1) is 24.3 Å². The third-order valence-corrected chi connectivity index (χ3v) is 6.46. The number of aromatic carboxylic acids is 1. The van der Waals surface area contributed by atoms with Crippen LogP contribution in [0.25, 0.3) is 6.08 Å². The third-order valence-electron chi connectivity index (χ3n) is 6.46. The Morgan fingerprint density at radius 2 is 1.52 bits per heavy atom. The van der Waals surface area contributed by atoms with Crippen LogP contribution in [0.5, 0.6) is 11.5 Å². The number of nitrogens with two attached hydrogens (primary N) is 2. The molecule has 0 saturated carbocycles. The largest absolute Gasteiger partial charge is 0.494 e. The Balaban J connectivity index is 1.35. The lowest BCUT2D eigenvalue weighted by Crippen LogP contribution is -2.08. The number of hydrogen-bond acceptors (Lipinski definition) is 8. The van der Waals surface area contributed by atoms with Crippen LogP contribution in [0.4, 0.5) is 11.4 Å². The van der Waals surface area contributed by atoms with Crippen molar-refractivity contribution in [1.29, 1.82) is 0 Å². The summed E-state index contributed by atoms with van der Waals surface area (Å²) in [5.74, 6) is -0.839. The van der Waals surface area contributed by atoms with E-state index in [1.807, 2.05) is 0 Å². The monoisotopic (exact) mass is 574 g/mol. The van der Waals surface area contributed by atoms with Crippen LogP contribution in [0, 0.1) is 0 Å². The zero-order valence-electron chi connectivity index (χ0n) is 23.8. The van der Waals surface area contributed by atoms with Crippen molar-refractivity contribution in [3.63, 3.8) is 0 Å². The summed E-state index contributed by atoms with van der Waals surface area (Å²) in [7, 11) is 0. The van der Waals surface area contributed by atoms with E-state index < -0.39 is 17.9 Å². The highest BCUT2D eigenvalue weighted by Crippen LogP contribution is 2.24. The summed E-state index contributed by atoms with van der Waals surface area (Å²) in [6, 6.07) is 16.6. The second kappa shape index (κ2) is 16.5. The Labute approximate surface area is 246 Å². The molecular weight excluding hydrogens is 536 g/mol. The molecule has 5 N–H and O–H groups in total. The van der Waals surface area contributed by atoms with Gasteiger partial charge in [-0.15, -0.1) is 0 Å². The molecule has 0 aliphatic rings. The first-order valence-corrected chi connectivity index (χ1v) is 14.1. The molecule has 0 amide bonds. The van der Waals surface area contributed by atoms with Gasteiger partial charge in [0.15, 0.2) is 0 Å². The van der Waals surface area contributed by atoms with E-state index >= 15 is 0 Å². The first-order chi connectivity index (χ1) is 20.3. The van der Waals surface area contributed by atoms with Gasteiger partial charge in [0.25, 0.3) is 0 Å². The lowest BCUT2D eigenvalue weighted by Gasteiger charge is -2.11. The van der Waals surface area contributed by atoms with Gasteiger partial charge in [-0.25, -0.2) is 14.4 Å². The predicted molar refractivity (Wildman–Crippen MR) is 163 cm³/mol. The average Bonchev–Trinajstić information content (AvgIpc) is 2.97. The van der Waals surface area contributed by atoms with Crippen LogP contribution < -0.4 is 20.9 Å². The van der Waals surface area contributed by atoms with Crippen LogP contribution in [0.2, 0.25) is 0 Å². The summed E-state index contributed by atoms with van der Waals surface area (Å²) in [6.45, 7) is 3.03. The Kier molecular flexibility index (Phi) is 12.4. The van der Waals surface area contributed by atoms with Crippen LogP contribution >= 0.6 is 0 Å². The lowest BCUT2D eigenvalue weighted by atomic mass is 9.98. The molecule has 222 valence electrons. The lowest BCUT2D eigenvalue weighted by molar-refractivity contribution is -0.128. The maximum absolute atomic E-state index is 12.4. The highest BCUT2D eigenvalue weighted by atomic mass is 16.5. The van der Waals surface area contributed by atoms with Gasteiger partial charge in [0.1, 0.15) is 11.5 Å². The zero-order chi connectivity index (χ0) is 30.3. The number of carboxylic acids is 1. The van der Waals surface area contributed by atoms with E-state index in [4.69, 9.17) is 25.7 Å². The Bertz CT molecular complexity index is 1370. The quantitative estimate of drug-likeness (QED) is 0.0588. The molecule has 0 aliphatic heterocycles. The number of carbonyl (C=O) groups is 3. The van der Waals surface area contributed by atoms with Gasteiger partial charge < -0.3 is 30.8 Å². The summed E-state index contributed by atoms with van der Waals surface area (Å²) >= 11 is 0. The molecule has 0 aliphatic carbocycles. The van der Waals surface area contributed by atoms with Gasteiger partial charge in [-0.05, 0) is 91.4 Å². The minimum Gasteiger partial charge on any atom is -0.494 e. The number of hydrogen-bond donors (Lipinski definition) is 3. The number of rotatable bonds is 16. The summed E-state index contributed by atoms with van der Waals surface area (Å²) in [4.78, 5) is 36.0. The van der Waals surface area contributed by atoms with Crippen molar-refractivity contribution >= 4 is 35.4 Å². The van der Waals surface area contributed by atoms with E-state index in [0.29, 0.717) is 47.7 Å². The maximum atomic E-state index is 12.4. The zero-order valence-corrected chi connectivity index (χ0v) is 23.8. The van der Waals surface area contributed by atoms with Gasteiger partial charge in [-0.2, -0.15) is 0 Å². The van der Waals surface area contributed by atoms with Crippen molar-refractivity contribution in [3.05, 3.63) is 89.0 Å². The van der Waals surface area contributed by atoms with E-state index in [0.717, 1.165) is 43.4 Å². The van der Waals surface area contributed by atoms with E-state index in [-0.39, 0.29) is 12.2 Å². The number of nitrogen functional groups attached to an aromatic ring is 2. The maximum Gasteiger partial charge on any atom is 0.338 e. The van der Waals surface area contributed by atoms with Crippen molar-refractivity contribution in [2.24, 2.45) is 0 Å². The van der Waals surface area contributed by atoms with Crippen molar-refractivity contribution in [1.82, 2.24) is 0 Å². The molecule has 0 spiro atoms. The van der Waals surface area contributed by atoms with Gasteiger partial charge >= 0.3 is 17.9 Å². The number of carbonyl (C=O) groups excluding carboxylic acids is 2. The molecule has 0 unspecified atom stereocenters. The number of anilines is 2. The minimum atomic E-state index is -1.05. The number of carboxylic acid groups (broad SMARTS) is 1. The van der Waals surface area contributed by atoms with E-state index in [9.17, 15) is 19.5 Å². The summed E-state index contributed by atoms with van der Waals surface area (Å²) in [5.41, 5.74) is 14.3. The summed E-state index contributed by atoms with van der Waals surface area (Å²) < 4.78 is 16.3. The molecule has 0 aromatic heterocycles. The van der Waals surface area contributed by atoms with Gasteiger partial charge in [0, 0.05) is 17.5 Å². The molecule has 0 fully saturated rings. The second-order valence-electron chi connectivity index (χ2n) is 9.79. The van der Waals surface area contributed by atoms with E-state index in [2.05, 4.69) is 6.92 Å². The first-order valence-electron chi connectivity index (χ1n) is 14.1. The third kappa shape index (κ3) is 10.3. The molecule has 42 heavy (non-hydrogen) atoms. The van der Waals surface area contributed by atoms with Crippen molar-refractivity contribution in [2.75, 3.05) is 24.7 Å². The smallest absolute Gasteiger partial charge is 0.338 e. The van der Waals surface area contributed by atoms with Crippen molar-refractivity contribution < 1.29 is 33.7 Å². The molecule has 0 bridgehead atoms. The molecule has 0 atom stereocenters. The molecule has 3 rings (SSSR count). The molecule has 9 heteroatoms. The van der Waals surface area contributed by atoms with Crippen LogP contribution in [0.3, 0.4) is 0 Å². The van der Waals surface area contributed by atoms with Crippen molar-refractivity contribution in [3.8, 4) is 11.5 Å². The summed E-state index contributed by atoms with van der Waals surface area (Å²) in [6.07, 6.45) is 8.60. The fraction of sp³-hybridized carbons (Fsp3) is 0.303. The fourth-order valence-corrected chi connectivity index (χ4v) is 4.18. The Morgan fingerprint density at radius 3 is 2.21 bits per heavy atom. The SMILES string of the molecule is CCCCOc1ccc(OC(=O)C=Cc2ccc(C(=O)OCCCCCCc3c(N)cc(N)cc3C(=O)O)cc2)cc1. The molecule has 0 radical (unpaired) electrons. The second-order valence-corrected chi connectivity index (χ2v) is 9.79. The Morgan fingerprint density at radius 1 is 0.833 bits per heavy atom. The molecule has 9 nitrogen and oxygen atoms in total. The number of esters is 2. The predicted octanol–water partition coefficient (Wildman–Crippen LogP) is 6.31. The Hall–Kier alpha value is -4.79. The molecule has 3 aromatic rings. The van der Waals surface area contributed by atoms with Gasteiger partial charge in [-0.1, -0.05) is 38.3 Å². The topological polar surface area (TPSA) is 151 Å². The molecule has 0 saturated heterocycles. The first kappa shape index (κ1) is 31.7. The van der Waals surface area contributed by atoms with Gasteiger partial charge in [-0.3, -0.25) is 0 Å². The standard InChI is InChI=1S/C33H38N2O7/c1-2-3-19-40-26-14-16-27(17-15-26)42-31(36)18-11-23-9-12-24(13-10-23)33(39)41-20-7-5-4-6-8-28-29(32(37)38)21-25(34)22-30(28)35/h9-18,21-22H,2-8,19-20,34-35H2,1H3,(H,37,38). The van der Waals surface area contributed by atoms with Crippen LogP contribution in [-0.4, -0.2) is 36.2 Å². The number of benzene rings is 3. The number of ether oxygens (including phenoxy) is 3. The van der Waals surface area contributed by atoms with Crippen LogP contribution in [0.1, 0.15) is 77.3 Å². The minimum absolute atomic E-state index is 0.137. The van der Waals surface area contributed by atoms with Crippen molar-refractivity contribution in [2.45, 2.75) is 51.9 Å². The van der Waals surface area contributed by atoms with E-state index in [1.165, 1.54) is 12.1 Å². The van der Waals surface area contributed by atoms with Gasteiger partial charge in [0.2, 0.25) is 0 Å².